The van der Waals surface area contributed by atoms with E-state index in [1.54, 1.807) is 17.9 Å². The van der Waals surface area contributed by atoms with Crippen LogP contribution in [-0.2, 0) is 11.8 Å². The molecule has 0 saturated carbocycles. The first-order chi connectivity index (χ1) is 6.78. The highest BCUT2D eigenvalue weighted by atomic mass is 16.6. The molecule has 5 heteroatoms. The van der Waals surface area contributed by atoms with E-state index in [0.29, 0.717) is 5.69 Å². The Bertz CT molecular complexity index is 363. The molecule has 0 saturated heterocycles. The minimum Gasteiger partial charge on any atom is -0.444 e. The van der Waals surface area contributed by atoms with Gasteiger partial charge in [0.2, 0.25) is 0 Å². The topological polar surface area (TPSA) is 56.2 Å². The van der Waals surface area contributed by atoms with Gasteiger partial charge in [0.15, 0.2) is 0 Å². The maximum atomic E-state index is 11.4. The van der Waals surface area contributed by atoms with Gasteiger partial charge in [0.1, 0.15) is 5.60 Å². The largest absolute Gasteiger partial charge is 0.444 e. The average molecular weight is 211 g/mol. The van der Waals surface area contributed by atoms with E-state index in [-0.39, 0.29) is 0 Å². The van der Waals surface area contributed by atoms with Crippen LogP contribution in [0.1, 0.15) is 26.5 Å². The molecule has 0 aliphatic heterocycles. The lowest BCUT2D eigenvalue weighted by molar-refractivity contribution is 0.0636. The van der Waals surface area contributed by atoms with Crippen molar-refractivity contribution in [3.05, 3.63) is 11.9 Å². The van der Waals surface area contributed by atoms with Crippen LogP contribution in [0.25, 0.3) is 0 Å². The molecule has 1 heterocycles. The molecule has 1 N–H and O–H groups in total. The standard InChI is InChI=1S/C10H17N3O2/c1-7-8(6-13(5)12-7)11-9(14)15-10(2,3)4/h6H,1-5H3,(H,11,14). The number of carbonyl (C=O) groups excluding carboxylic acids is 1. The van der Waals surface area contributed by atoms with E-state index < -0.39 is 11.7 Å². The molecule has 1 amide bonds. The van der Waals surface area contributed by atoms with Gasteiger partial charge in [-0.1, -0.05) is 0 Å². The number of ether oxygens (including phenoxy) is 1. The molecule has 0 fully saturated rings. The van der Waals surface area contributed by atoms with Crippen molar-refractivity contribution in [2.24, 2.45) is 7.05 Å². The number of nitrogens with one attached hydrogen (secondary N) is 1. The summed E-state index contributed by atoms with van der Waals surface area (Å²) >= 11 is 0. The number of nitrogens with zero attached hydrogens (tertiary/aromatic N) is 2. The van der Waals surface area contributed by atoms with Crippen LogP contribution in [0.2, 0.25) is 0 Å². The van der Waals surface area contributed by atoms with Crippen molar-refractivity contribution in [2.75, 3.05) is 5.32 Å². The first-order valence-corrected chi connectivity index (χ1v) is 4.78. The highest BCUT2D eigenvalue weighted by molar-refractivity contribution is 5.85. The van der Waals surface area contributed by atoms with Crippen LogP contribution in [-0.4, -0.2) is 21.5 Å². The van der Waals surface area contributed by atoms with Gasteiger partial charge in [0, 0.05) is 13.2 Å². The van der Waals surface area contributed by atoms with Crippen molar-refractivity contribution in [2.45, 2.75) is 33.3 Å². The van der Waals surface area contributed by atoms with Crippen molar-refractivity contribution in [1.29, 1.82) is 0 Å². The second-order valence-corrected chi connectivity index (χ2v) is 4.43. The third-order valence-electron chi connectivity index (χ3n) is 1.65. The van der Waals surface area contributed by atoms with Crippen molar-refractivity contribution >= 4 is 11.8 Å². The molecule has 1 rings (SSSR count). The van der Waals surface area contributed by atoms with Crippen LogP contribution in [0.15, 0.2) is 6.20 Å². The zero-order chi connectivity index (χ0) is 11.6. The number of hydrogen-bond donors (Lipinski definition) is 1. The molecular weight excluding hydrogens is 194 g/mol. The van der Waals surface area contributed by atoms with Gasteiger partial charge in [-0.2, -0.15) is 5.10 Å². The monoisotopic (exact) mass is 211 g/mol. The van der Waals surface area contributed by atoms with Gasteiger partial charge in [-0.15, -0.1) is 0 Å². The molecule has 0 bridgehead atoms. The second kappa shape index (κ2) is 3.92. The molecular formula is C10H17N3O2. The zero-order valence-electron chi connectivity index (χ0n) is 9.79. The summed E-state index contributed by atoms with van der Waals surface area (Å²) in [6, 6.07) is 0. The van der Waals surface area contributed by atoms with E-state index in [1.165, 1.54) is 0 Å². The van der Waals surface area contributed by atoms with Gasteiger partial charge < -0.3 is 4.74 Å². The van der Waals surface area contributed by atoms with E-state index in [0.717, 1.165) is 5.69 Å². The number of amides is 1. The third-order valence-corrected chi connectivity index (χ3v) is 1.65. The highest BCUT2D eigenvalue weighted by Gasteiger charge is 2.17. The molecule has 0 aromatic carbocycles. The van der Waals surface area contributed by atoms with E-state index in [2.05, 4.69) is 10.4 Å². The van der Waals surface area contributed by atoms with E-state index in [1.807, 2.05) is 27.7 Å². The Kier molecular flexibility index (Phi) is 3.02. The second-order valence-electron chi connectivity index (χ2n) is 4.43. The lowest BCUT2D eigenvalue weighted by Crippen LogP contribution is -2.27. The van der Waals surface area contributed by atoms with E-state index >= 15 is 0 Å². The molecule has 84 valence electrons. The van der Waals surface area contributed by atoms with Gasteiger partial charge >= 0.3 is 6.09 Å². The minimum atomic E-state index is -0.486. The Balaban J connectivity index is 2.63. The van der Waals surface area contributed by atoms with Crippen LogP contribution in [0, 0.1) is 6.92 Å². The maximum absolute atomic E-state index is 11.4. The SMILES string of the molecule is Cc1nn(C)cc1NC(=O)OC(C)(C)C. The summed E-state index contributed by atoms with van der Waals surface area (Å²) in [6.07, 6.45) is 1.28. The van der Waals surface area contributed by atoms with Gasteiger partial charge in [0.25, 0.3) is 0 Å². The third kappa shape index (κ3) is 3.61. The number of aromatic nitrogens is 2. The minimum absolute atomic E-state index is 0.460. The predicted octanol–water partition coefficient (Wildman–Crippen LogP) is 2.08. The van der Waals surface area contributed by atoms with Gasteiger partial charge in [-0.05, 0) is 27.7 Å². The predicted molar refractivity (Wildman–Crippen MR) is 57.8 cm³/mol. The fourth-order valence-electron chi connectivity index (χ4n) is 1.14. The highest BCUT2D eigenvalue weighted by Crippen LogP contribution is 2.14. The number of carbonyl (C=O) groups is 1. The summed E-state index contributed by atoms with van der Waals surface area (Å²) < 4.78 is 6.76. The van der Waals surface area contributed by atoms with Gasteiger partial charge in [0.05, 0.1) is 11.4 Å². The number of aryl methyl sites for hydroxylation is 2. The Morgan fingerprint density at radius 2 is 2.13 bits per heavy atom. The summed E-state index contributed by atoms with van der Waals surface area (Å²) in [5, 5.41) is 6.75. The Morgan fingerprint density at radius 1 is 1.53 bits per heavy atom. The lowest BCUT2D eigenvalue weighted by Gasteiger charge is -2.19. The van der Waals surface area contributed by atoms with Crippen molar-refractivity contribution < 1.29 is 9.53 Å². The summed E-state index contributed by atoms with van der Waals surface area (Å²) in [5.41, 5.74) is 0.954. The zero-order valence-corrected chi connectivity index (χ0v) is 9.79. The molecule has 0 aliphatic carbocycles. The fraction of sp³-hybridized carbons (Fsp3) is 0.600. The molecule has 0 atom stereocenters. The van der Waals surface area contributed by atoms with Crippen LogP contribution >= 0.6 is 0 Å². The summed E-state index contributed by atoms with van der Waals surface area (Å²) in [6.45, 7) is 7.29. The lowest BCUT2D eigenvalue weighted by atomic mass is 10.2. The van der Waals surface area contributed by atoms with Crippen molar-refractivity contribution in [1.82, 2.24) is 9.78 Å². The Morgan fingerprint density at radius 3 is 2.53 bits per heavy atom. The number of anilines is 1. The maximum Gasteiger partial charge on any atom is 0.412 e. The van der Waals surface area contributed by atoms with Crippen LogP contribution < -0.4 is 5.32 Å². The normalized spacial score (nSPS) is 11.3. The van der Waals surface area contributed by atoms with Crippen LogP contribution in [0.5, 0.6) is 0 Å². The first-order valence-electron chi connectivity index (χ1n) is 4.78. The molecule has 0 spiro atoms. The number of rotatable bonds is 1. The molecule has 15 heavy (non-hydrogen) atoms. The fourth-order valence-corrected chi connectivity index (χ4v) is 1.14. The summed E-state index contributed by atoms with van der Waals surface area (Å²) in [7, 11) is 1.80. The average Bonchev–Trinajstić information content (AvgIpc) is 2.25. The van der Waals surface area contributed by atoms with Gasteiger partial charge in [-0.25, -0.2) is 4.79 Å². The summed E-state index contributed by atoms with van der Waals surface area (Å²) in [5.74, 6) is 0. The van der Waals surface area contributed by atoms with Crippen molar-refractivity contribution in [3.63, 3.8) is 0 Å². The molecule has 1 aromatic heterocycles. The Labute approximate surface area is 89.4 Å². The Hall–Kier alpha value is -1.52. The number of hydrogen-bond acceptors (Lipinski definition) is 3. The molecule has 0 unspecified atom stereocenters. The summed E-state index contributed by atoms with van der Waals surface area (Å²) in [4.78, 5) is 11.4. The van der Waals surface area contributed by atoms with Crippen LogP contribution in [0.3, 0.4) is 0 Å². The van der Waals surface area contributed by atoms with E-state index in [4.69, 9.17) is 4.74 Å². The van der Waals surface area contributed by atoms with Crippen LogP contribution in [0.4, 0.5) is 10.5 Å². The molecule has 0 radical (unpaired) electrons. The molecule has 0 aliphatic rings. The van der Waals surface area contributed by atoms with E-state index in [9.17, 15) is 4.79 Å². The first kappa shape index (κ1) is 11.6. The molecule has 5 nitrogen and oxygen atoms in total. The quantitative estimate of drug-likeness (QED) is 0.773. The van der Waals surface area contributed by atoms with Crippen molar-refractivity contribution in [3.8, 4) is 0 Å². The van der Waals surface area contributed by atoms with Gasteiger partial charge in [-0.3, -0.25) is 10.00 Å². The molecule has 1 aromatic rings. The smallest absolute Gasteiger partial charge is 0.412 e.